The van der Waals surface area contributed by atoms with Crippen molar-refractivity contribution >= 4 is 17.5 Å². The van der Waals surface area contributed by atoms with Gasteiger partial charge in [0.15, 0.2) is 10.9 Å². The number of nitrogens with zero attached hydrogens (tertiary/aromatic N) is 3. The summed E-state index contributed by atoms with van der Waals surface area (Å²) in [6, 6.07) is 9.45. The van der Waals surface area contributed by atoms with Crippen molar-refractivity contribution in [1.29, 1.82) is 0 Å². The van der Waals surface area contributed by atoms with Gasteiger partial charge >= 0.3 is 0 Å². The van der Waals surface area contributed by atoms with E-state index in [2.05, 4.69) is 14.8 Å². The van der Waals surface area contributed by atoms with Crippen LogP contribution in [0.5, 0.6) is 0 Å². The normalized spacial score (nSPS) is 16.0. The van der Waals surface area contributed by atoms with Gasteiger partial charge in [0.25, 0.3) is 0 Å². The lowest BCUT2D eigenvalue weighted by atomic mass is 10.1. The Morgan fingerprint density at radius 3 is 2.81 bits per heavy atom. The van der Waals surface area contributed by atoms with Gasteiger partial charge in [0, 0.05) is 18.5 Å². The molecule has 0 N–H and O–H groups in total. The summed E-state index contributed by atoms with van der Waals surface area (Å²) in [4.78, 5) is 12.4. The summed E-state index contributed by atoms with van der Waals surface area (Å²) in [5, 5.41) is 9.29. The van der Waals surface area contributed by atoms with E-state index >= 15 is 0 Å². The Labute approximate surface area is 129 Å². The molecule has 0 radical (unpaired) electrons. The first-order valence-electron chi connectivity index (χ1n) is 7.43. The summed E-state index contributed by atoms with van der Waals surface area (Å²) in [5.41, 5.74) is 0.758. The second kappa shape index (κ2) is 6.43. The van der Waals surface area contributed by atoms with Crippen LogP contribution in [0.25, 0.3) is 0 Å². The second-order valence-corrected chi connectivity index (χ2v) is 6.66. The fourth-order valence-corrected chi connectivity index (χ4v) is 3.57. The molecule has 2 aromatic rings. The van der Waals surface area contributed by atoms with Gasteiger partial charge in [-0.25, -0.2) is 0 Å². The highest BCUT2D eigenvalue weighted by atomic mass is 32.2. The zero-order valence-corrected chi connectivity index (χ0v) is 13.0. The monoisotopic (exact) mass is 301 g/mol. The van der Waals surface area contributed by atoms with Crippen LogP contribution in [-0.4, -0.2) is 25.8 Å². The molecule has 0 fully saturated rings. The molecule has 0 amide bonds. The highest BCUT2D eigenvalue weighted by Gasteiger charge is 2.21. The molecule has 1 aliphatic rings. The topological polar surface area (TPSA) is 47.8 Å². The fourth-order valence-electron chi connectivity index (χ4n) is 2.59. The molecule has 0 saturated heterocycles. The number of ketones is 1. The standard InChI is InChI=1S/C16H19N3OS/c1-12(15(20)13-8-4-2-5-9-13)21-16-18-17-14-10-6-3-7-11-19(14)16/h2,4-5,8-9,12H,3,6-7,10-11H2,1H3. The number of carbonyl (C=O) groups is 1. The van der Waals surface area contributed by atoms with E-state index < -0.39 is 0 Å². The Balaban J connectivity index is 1.75. The third-order valence-electron chi connectivity index (χ3n) is 3.79. The quantitative estimate of drug-likeness (QED) is 0.641. The van der Waals surface area contributed by atoms with Crippen LogP contribution in [0.3, 0.4) is 0 Å². The van der Waals surface area contributed by atoms with Crippen LogP contribution in [-0.2, 0) is 13.0 Å². The highest BCUT2D eigenvalue weighted by Crippen LogP contribution is 2.27. The molecular formula is C16H19N3OS. The number of fused-ring (bicyclic) bond motifs is 1. The Morgan fingerprint density at radius 1 is 1.19 bits per heavy atom. The molecule has 1 unspecified atom stereocenters. The SMILES string of the molecule is CC(Sc1nnc2n1CCCCC2)C(=O)c1ccccc1. The van der Waals surface area contributed by atoms with Crippen molar-refractivity contribution in [2.45, 2.75) is 49.6 Å². The van der Waals surface area contributed by atoms with Crippen molar-refractivity contribution in [3.63, 3.8) is 0 Å². The molecule has 0 spiro atoms. The zero-order valence-electron chi connectivity index (χ0n) is 12.2. The highest BCUT2D eigenvalue weighted by molar-refractivity contribution is 8.00. The van der Waals surface area contributed by atoms with Gasteiger partial charge in [-0.15, -0.1) is 10.2 Å². The lowest BCUT2D eigenvalue weighted by molar-refractivity contribution is 0.0994. The first kappa shape index (κ1) is 14.3. The molecule has 0 bridgehead atoms. The molecule has 4 nitrogen and oxygen atoms in total. The predicted molar refractivity (Wildman–Crippen MR) is 83.7 cm³/mol. The Morgan fingerprint density at radius 2 is 2.00 bits per heavy atom. The van der Waals surface area contributed by atoms with E-state index in [4.69, 9.17) is 0 Å². The second-order valence-electron chi connectivity index (χ2n) is 5.35. The van der Waals surface area contributed by atoms with E-state index in [1.807, 2.05) is 37.3 Å². The van der Waals surface area contributed by atoms with E-state index in [-0.39, 0.29) is 11.0 Å². The van der Waals surface area contributed by atoms with Crippen LogP contribution < -0.4 is 0 Å². The molecule has 0 aliphatic carbocycles. The number of hydrogen-bond donors (Lipinski definition) is 0. The summed E-state index contributed by atoms with van der Waals surface area (Å²) in [7, 11) is 0. The maximum atomic E-state index is 12.4. The van der Waals surface area contributed by atoms with Crippen molar-refractivity contribution in [3.8, 4) is 0 Å². The molecule has 1 atom stereocenters. The summed E-state index contributed by atoms with van der Waals surface area (Å²) in [6.07, 6.45) is 4.58. The number of Topliss-reactive ketones (excluding diaryl/α,β-unsaturated/α-hetero) is 1. The van der Waals surface area contributed by atoms with Gasteiger partial charge < -0.3 is 4.57 Å². The van der Waals surface area contributed by atoms with Crippen LogP contribution >= 0.6 is 11.8 Å². The van der Waals surface area contributed by atoms with Crippen molar-refractivity contribution in [2.24, 2.45) is 0 Å². The summed E-state index contributed by atoms with van der Waals surface area (Å²) in [5.74, 6) is 1.21. The zero-order chi connectivity index (χ0) is 14.7. The maximum Gasteiger partial charge on any atom is 0.191 e. The minimum atomic E-state index is -0.149. The Hall–Kier alpha value is -1.62. The average Bonchev–Trinajstić information content (AvgIpc) is 2.75. The molecule has 3 rings (SSSR count). The van der Waals surface area contributed by atoms with Crippen molar-refractivity contribution in [3.05, 3.63) is 41.7 Å². The molecule has 0 saturated carbocycles. The number of hydrogen-bond acceptors (Lipinski definition) is 4. The average molecular weight is 301 g/mol. The third kappa shape index (κ3) is 3.18. The van der Waals surface area contributed by atoms with Crippen LogP contribution in [0.1, 0.15) is 42.4 Å². The first-order chi connectivity index (χ1) is 10.3. The van der Waals surface area contributed by atoms with Crippen molar-refractivity contribution in [2.75, 3.05) is 0 Å². The van der Waals surface area contributed by atoms with Gasteiger partial charge in [0.1, 0.15) is 5.82 Å². The summed E-state index contributed by atoms with van der Waals surface area (Å²) >= 11 is 1.52. The number of carbonyl (C=O) groups excluding carboxylic acids is 1. The lowest BCUT2D eigenvalue weighted by Crippen LogP contribution is -2.15. The van der Waals surface area contributed by atoms with E-state index in [1.54, 1.807) is 0 Å². The van der Waals surface area contributed by atoms with Crippen LogP contribution in [0, 0.1) is 0 Å². The first-order valence-corrected chi connectivity index (χ1v) is 8.31. The smallest absolute Gasteiger partial charge is 0.191 e. The number of rotatable bonds is 4. The molecule has 21 heavy (non-hydrogen) atoms. The van der Waals surface area contributed by atoms with E-state index in [1.165, 1.54) is 31.0 Å². The molecular weight excluding hydrogens is 282 g/mol. The molecule has 110 valence electrons. The summed E-state index contributed by atoms with van der Waals surface area (Å²) in [6.45, 7) is 2.91. The number of thioether (sulfide) groups is 1. The van der Waals surface area contributed by atoms with Crippen molar-refractivity contribution in [1.82, 2.24) is 14.8 Å². The van der Waals surface area contributed by atoms with Crippen LogP contribution in [0.4, 0.5) is 0 Å². The predicted octanol–water partition coefficient (Wildman–Crippen LogP) is 3.37. The molecule has 1 aromatic carbocycles. The largest absolute Gasteiger partial charge is 0.306 e. The minimum absolute atomic E-state index is 0.145. The molecule has 5 heteroatoms. The van der Waals surface area contributed by atoms with Gasteiger partial charge in [-0.05, 0) is 19.8 Å². The van der Waals surface area contributed by atoms with E-state index in [0.717, 1.165) is 29.5 Å². The van der Waals surface area contributed by atoms with Crippen LogP contribution in [0.15, 0.2) is 35.5 Å². The number of benzene rings is 1. The maximum absolute atomic E-state index is 12.4. The van der Waals surface area contributed by atoms with Crippen molar-refractivity contribution < 1.29 is 4.79 Å². The Bertz CT molecular complexity index is 624. The summed E-state index contributed by atoms with van der Waals surface area (Å²) < 4.78 is 2.19. The van der Waals surface area contributed by atoms with Gasteiger partial charge in [-0.1, -0.05) is 48.5 Å². The third-order valence-corrected chi connectivity index (χ3v) is 4.87. The van der Waals surface area contributed by atoms with Gasteiger partial charge in [0.2, 0.25) is 0 Å². The van der Waals surface area contributed by atoms with Gasteiger partial charge in [-0.2, -0.15) is 0 Å². The van der Waals surface area contributed by atoms with Gasteiger partial charge in [-0.3, -0.25) is 4.79 Å². The molecule has 1 aromatic heterocycles. The number of aromatic nitrogens is 3. The molecule has 2 heterocycles. The number of aryl methyl sites for hydroxylation is 1. The Kier molecular flexibility index (Phi) is 4.39. The van der Waals surface area contributed by atoms with E-state index in [9.17, 15) is 4.79 Å². The lowest BCUT2D eigenvalue weighted by Gasteiger charge is -2.11. The van der Waals surface area contributed by atoms with Gasteiger partial charge in [0.05, 0.1) is 5.25 Å². The van der Waals surface area contributed by atoms with Crippen LogP contribution in [0.2, 0.25) is 0 Å². The minimum Gasteiger partial charge on any atom is -0.306 e. The fraction of sp³-hybridized carbons (Fsp3) is 0.438. The molecule has 1 aliphatic heterocycles. The van der Waals surface area contributed by atoms with E-state index in [0.29, 0.717) is 0 Å².